The van der Waals surface area contributed by atoms with Gasteiger partial charge in [-0.1, -0.05) is 24.4 Å². The van der Waals surface area contributed by atoms with Crippen molar-refractivity contribution in [3.63, 3.8) is 0 Å². The summed E-state index contributed by atoms with van der Waals surface area (Å²) in [6, 6.07) is 11.4. The summed E-state index contributed by atoms with van der Waals surface area (Å²) in [6.07, 6.45) is 8.92. The van der Waals surface area contributed by atoms with E-state index in [1.165, 1.54) is 25.7 Å². The topological polar surface area (TPSA) is 53.5 Å². The number of benzene rings is 1. The van der Waals surface area contributed by atoms with Gasteiger partial charge in [-0.2, -0.15) is 0 Å². The number of halogens is 1. The van der Waals surface area contributed by atoms with Crippen LogP contribution in [0.1, 0.15) is 89.4 Å². The molecule has 180 valence electrons. The van der Waals surface area contributed by atoms with Gasteiger partial charge in [0.1, 0.15) is 0 Å². The van der Waals surface area contributed by atoms with E-state index in [1.807, 2.05) is 24.0 Å². The molecule has 2 aliphatic heterocycles. The fraction of sp³-hybridized carbons (Fsp3) is 0.536. The van der Waals surface area contributed by atoms with E-state index < -0.39 is 0 Å². The number of aryl methyl sites for hydroxylation is 1. The van der Waals surface area contributed by atoms with Gasteiger partial charge in [0, 0.05) is 47.9 Å². The van der Waals surface area contributed by atoms with Crippen LogP contribution in [0.25, 0.3) is 0 Å². The first-order valence-corrected chi connectivity index (χ1v) is 13.2. The van der Waals surface area contributed by atoms with Gasteiger partial charge < -0.3 is 9.80 Å². The van der Waals surface area contributed by atoms with Gasteiger partial charge in [0.2, 0.25) is 0 Å². The van der Waals surface area contributed by atoms with Crippen LogP contribution in [-0.2, 0) is 0 Å². The van der Waals surface area contributed by atoms with Gasteiger partial charge in [-0.15, -0.1) is 0 Å². The Kier molecular flexibility index (Phi) is 6.91. The van der Waals surface area contributed by atoms with Crippen molar-refractivity contribution < 1.29 is 9.59 Å². The SMILES string of the molecule is Cc1ccc(C(=O)N2CCC[C@H]3CCCC[C@@H]32)c(C2CCN(C(=O)c3ccc(Cl)cc3)CC2)n1. The van der Waals surface area contributed by atoms with E-state index in [-0.39, 0.29) is 17.7 Å². The number of rotatable bonds is 3. The molecule has 2 atom stereocenters. The van der Waals surface area contributed by atoms with Crippen LogP contribution in [-0.4, -0.2) is 52.3 Å². The second-order valence-corrected chi connectivity index (χ2v) is 10.6. The van der Waals surface area contributed by atoms with Crippen molar-refractivity contribution in [2.75, 3.05) is 19.6 Å². The van der Waals surface area contributed by atoms with E-state index in [0.717, 1.165) is 49.2 Å². The molecule has 2 saturated heterocycles. The lowest BCUT2D eigenvalue weighted by atomic mass is 9.78. The smallest absolute Gasteiger partial charge is 0.255 e. The molecule has 0 radical (unpaired) electrons. The van der Waals surface area contributed by atoms with Gasteiger partial charge in [-0.25, -0.2) is 0 Å². The summed E-state index contributed by atoms with van der Waals surface area (Å²) in [5, 5.41) is 0.631. The molecule has 0 N–H and O–H groups in total. The molecule has 0 bridgehead atoms. The molecule has 2 aromatic rings. The van der Waals surface area contributed by atoms with Crippen molar-refractivity contribution in [3.05, 3.63) is 63.9 Å². The molecule has 3 heterocycles. The minimum absolute atomic E-state index is 0.0419. The van der Waals surface area contributed by atoms with Crippen LogP contribution in [0.2, 0.25) is 5.02 Å². The number of hydrogen-bond donors (Lipinski definition) is 0. The molecule has 5 rings (SSSR count). The van der Waals surface area contributed by atoms with Gasteiger partial charge >= 0.3 is 0 Å². The maximum absolute atomic E-state index is 13.8. The second kappa shape index (κ2) is 10.1. The predicted molar refractivity (Wildman–Crippen MR) is 134 cm³/mol. The molecule has 0 spiro atoms. The molecule has 3 aliphatic rings. The Labute approximate surface area is 207 Å². The maximum atomic E-state index is 13.8. The van der Waals surface area contributed by atoms with Crippen LogP contribution >= 0.6 is 11.6 Å². The van der Waals surface area contributed by atoms with Gasteiger partial charge in [0.05, 0.1) is 11.3 Å². The van der Waals surface area contributed by atoms with Crippen molar-refractivity contribution >= 4 is 23.4 Å². The number of aromatic nitrogens is 1. The molecular formula is C28H34ClN3O2. The third-order valence-corrected chi connectivity index (χ3v) is 8.31. The zero-order valence-electron chi connectivity index (χ0n) is 20.0. The maximum Gasteiger partial charge on any atom is 0.255 e. The summed E-state index contributed by atoms with van der Waals surface area (Å²) in [4.78, 5) is 35.7. The number of fused-ring (bicyclic) bond motifs is 1. The highest BCUT2D eigenvalue weighted by Crippen LogP contribution is 2.37. The molecule has 5 nitrogen and oxygen atoms in total. The minimum atomic E-state index is 0.0419. The normalized spacial score (nSPS) is 23.5. The second-order valence-electron chi connectivity index (χ2n) is 10.2. The Morgan fingerprint density at radius 1 is 0.853 bits per heavy atom. The van der Waals surface area contributed by atoms with Crippen LogP contribution in [0.4, 0.5) is 0 Å². The first-order chi connectivity index (χ1) is 16.5. The van der Waals surface area contributed by atoms with E-state index in [0.29, 0.717) is 35.6 Å². The summed E-state index contributed by atoms with van der Waals surface area (Å²) >= 11 is 5.97. The van der Waals surface area contributed by atoms with Crippen molar-refractivity contribution in [1.29, 1.82) is 0 Å². The van der Waals surface area contributed by atoms with Gasteiger partial charge in [0.15, 0.2) is 0 Å². The van der Waals surface area contributed by atoms with E-state index in [9.17, 15) is 9.59 Å². The fourth-order valence-corrected chi connectivity index (χ4v) is 6.36. The highest BCUT2D eigenvalue weighted by atomic mass is 35.5. The van der Waals surface area contributed by atoms with Crippen LogP contribution in [0.15, 0.2) is 36.4 Å². The third-order valence-electron chi connectivity index (χ3n) is 8.06. The molecule has 34 heavy (non-hydrogen) atoms. The Hall–Kier alpha value is -2.40. The molecule has 1 saturated carbocycles. The number of carbonyl (C=O) groups excluding carboxylic acids is 2. The standard InChI is InChI=1S/C28H34ClN3O2/c1-19-8-13-24(28(34)32-16-4-6-20-5-2-3-7-25(20)32)26(30-19)21-14-17-31(18-15-21)27(33)22-9-11-23(29)12-10-22/h8-13,20-21,25H,2-7,14-18H2,1H3/t20-,25+/m1/s1. The van der Waals surface area contributed by atoms with Gasteiger partial charge in [-0.05, 0) is 87.8 Å². The Morgan fingerprint density at radius 2 is 1.56 bits per heavy atom. The van der Waals surface area contributed by atoms with E-state index in [1.54, 1.807) is 24.3 Å². The Balaban J connectivity index is 1.32. The molecule has 3 fully saturated rings. The predicted octanol–water partition coefficient (Wildman–Crippen LogP) is 5.86. The van der Waals surface area contributed by atoms with Crippen LogP contribution in [0.3, 0.4) is 0 Å². The fourth-order valence-electron chi connectivity index (χ4n) is 6.23. The van der Waals surface area contributed by atoms with E-state index in [4.69, 9.17) is 16.6 Å². The third kappa shape index (κ3) is 4.72. The van der Waals surface area contributed by atoms with Gasteiger partial charge in [0.25, 0.3) is 11.8 Å². The molecule has 1 aliphatic carbocycles. The van der Waals surface area contributed by atoms with Crippen molar-refractivity contribution in [2.45, 2.75) is 70.3 Å². The average Bonchev–Trinajstić information content (AvgIpc) is 2.88. The summed E-state index contributed by atoms with van der Waals surface area (Å²) in [5.74, 6) is 1.06. The summed E-state index contributed by atoms with van der Waals surface area (Å²) in [7, 11) is 0. The summed E-state index contributed by atoms with van der Waals surface area (Å²) < 4.78 is 0. The first kappa shape index (κ1) is 23.3. The molecular weight excluding hydrogens is 446 g/mol. The number of hydrogen-bond acceptors (Lipinski definition) is 3. The monoisotopic (exact) mass is 479 g/mol. The van der Waals surface area contributed by atoms with E-state index in [2.05, 4.69) is 4.90 Å². The largest absolute Gasteiger partial charge is 0.339 e. The van der Waals surface area contributed by atoms with E-state index >= 15 is 0 Å². The lowest BCUT2D eigenvalue weighted by Crippen LogP contribution is -2.50. The highest BCUT2D eigenvalue weighted by Gasteiger charge is 2.37. The lowest BCUT2D eigenvalue weighted by molar-refractivity contribution is 0.0387. The number of nitrogens with zero attached hydrogens (tertiary/aromatic N) is 3. The molecule has 1 aromatic heterocycles. The summed E-state index contributed by atoms with van der Waals surface area (Å²) in [6.45, 7) is 4.20. The lowest BCUT2D eigenvalue weighted by Gasteiger charge is -2.44. The zero-order chi connectivity index (χ0) is 23.7. The molecule has 6 heteroatoms. The first-order valence-electron chi connectivity index (χ1n) is 12.8. The van der Waals surface area contributed by atoms with Crippen molar-refractivity contribution in [3.8, 4) is 0 Å². The molecule has 2 amide bonds. The molecule has 1 aromatic carbocycles. The van der Waals surface area contributed by atoms with Crippen LogP contribution in [0.5, 0.6) is 0 Å². The minimum Gasteiger partial charge on any atom is -0.339 e. The van der Waals surface area contributed by atoms with Crippen molar-refractivity contribution in [2.24, 2.45) is 5.92 Å². The Morgan fingerprint density at radius 3 is 2.32 bits per heavy atom. The number of carbonyl (C=O) groups is 2. The van der Waals surface area contributed by atoms with Crippen LogP contribution < -0.4 is 0 Å². The number of pyridine rings is 1. The summed E-state index contributed by atoms with van der Waals surface area (Å²) in [5.41, 5.74) is 3.32. The number of piperidine rings is 2. The zero-order valence-corrected chi connectivity index (χ0v) is 20.8. The van der Waals surface area contributed by atoms with Crippen molar-refractivity contribution in [1.82, 2.24) is 14.8 Å². The quantitative estimate of drug-likeness (QED) is 0.554. The van der Waals surface area contributed by atoms with Gasteiger partial charge in [-0.3, -0.25) is 14.6 Å². The Bertz CT molecular complexity index is 1040. The molecule has 0 unspecified atom stereocenters. The number of amides is 2. The highest BCUT2D eigenvalue weighted by molar-refractivity contribution is 6.30. The number of likely N-dealkylation sites (tertiary alicyclic amines) is 2. The van der Waals surface area contributed by atoms with Crippen LogP contribution in [0, 0.1) is 12.8 Å². The average molecular weight is 480 g/mol.